The molecular weight excluding hydrogens is 240 g/mol. The van der Waals surface area contributed by atoms with Gasteiger partial charge in [-0.05, 0) is 42.7 Å². The SMILES string of the molecule is CC(C[CH]CCCCc1ccccc1)c1ccccc1. The van der Waals surface area contributed by atoms with Crippen LogP contribution in [-0.2, 0) is 6.42 Å². The van der Waals surface area contributed by atoms with Crippen molar-refractivity contribution in [1.82, 2.24) is 0 Å². The lowest BCUT2D eigenvalue weighted by Crippen LogP contribution is -1.94. The van der Waals surface area contributed by atoms with Crippen LogP contribution in [0.5, 0.6) is 0 Å². The molecule has 0 spiro atoms. The molecule has 0 heteroatoms. The summed E-state index contributed by atoms with van der Waals surface area (Å²) in [5.41, 5.74) is 2.91. The molecule has 0 aromatic heterocycles. The minimum Gasteiger partial charge on any atom is -0.0622 e. The topological polar surface area (TPSA) is 0 Å². The van der Waals surface area contributed by atoms with Gasteiger partial charge in [0.15, 0.2) is 0 Å². The van der Waals surface area contributed by atoms with E-state index in [1.54, 1.807) is 0 Å². The molecule has 0 fully saturated rings. The Morgan fingerprint density at radius 2 is 1.50 bits per heavy atom. The summed E-state index contributed by atoms with van der Waals surface area (Å²) < 4.78 is 0. The van der Waals surface area contributed by atoms with Crippen molar-refractivity contribution < 1.29 is 0 Å². The summed E-state index contributed by atoms with van der Waals surface area (Å²) in [7, 11) is 0. The average Bonchev–Trinajstić information content (AvgIpc) is 2.52. The fourth-order valence-electron chi connectivity index (χ4n) is 2.55. The second-order valence-corrected chi connectivity index (χ2v) is 5.57. The van der Waals surface area contributed by atoms with Gasteiger partial charge in [-0.2, -0.15) is 0 Å². The standard InChI is InChI=1S/C20H25/c1-18(20-16-10-5-11-17-20)12-6-2-3-7-13-19-14-8-4-9-15-19/h4-6,8-11,14-18H,2-3,7,12-13H2,1H3. The van der Waals surface area contributed by atoms with Gasteiger partial charge >= 0.3 is 0 Å². The third-order valence-corrected chi connectivity index (χ3v) is 3.86. The second kappa shape index (κ2) is 8.58. The Balaban J connectivity index is 1.56. The van der Waals surface area contributed by atoms with Crippen LogP contribution in [0.4, 0.5) is 0 Å². The Morgan fingerprint density at radius 3 is 2.20 bits per heavy atom. The highest BCUT2D eigenvalue weighted by molar-refractivity contribution is 5.19. The molecule has 1 unspecified atom stereocenters. The molecule has 0 saturated heterocycles. The number of hydrogen-bond acceptors (Lipinski definition) is 0. The highest BCUT2D eigenvalue weighted by atomic mass is 14.1. The van der Waals surface area contributed by atoms with E-state index in [1.807, 2.05) is 0 Å². The van der Waals surface area contributed by atoms with Crippen molar-refractivity contribution in [3.8, 4) is 0 Å². The summed E-state index contributed by atoms with van der Waals surface area (Å²) >= 11 is 0. The van der Waals surface area contributed by atoms with Gasteiger partial charge in [-0.15, -0.1) is 0 Å². The molecule has 2 rings (SSSR count). The third kappa shape index (κ3) is 5.21. The van der Waals surface area contributed by atoms with Crippen LogP contribution >= 0.6 is 0 Å². The Bertz CT molecular complexity index is 458. The molecule has 2 aromatic carbocycles. The van der Waals surface area contributed by atoms with Gasteiger partial charge in [-0.25, -0.2) is 0 Å². The highest BCUT2D eigenvalue weighted by Crippen LogP contribution is 2.21. The second-order valence-electron chi connectivity index (χ2n) is 5.57. The van der Waals surface area contributed by atoms with Crippen LogP contribution in [0.1, 0.15) is 49.7 Å². The van der Waals surface area contributed by atoms with E-state index >= 15 is 0 Å². The number of unbranched alkanes of at least 4 members (excludes halogenated alkanes) is 3. The van der Waals surface area contributed by atoms with Gasteiger partial charge in [-0.3, -0.25) is 0 Å². The van der Waals surface area contributed by atoms with Gasteiger partial charge in [0.1, 0.15) is 0 Å². The molecule has 0 aliphatic rings. The van der Waals surface area contributed by atoms with Crippen molar-refractivity contribution in [2.24, 2.45) is 0 Å². The third-order valence-electron chi connectivity index (χ3n) is 3.86. The van der Waals surface area contributed by atoms with E-state index in [1.165, 1.54) is 43.2 Å². The van der Waals surface area contributed by atoms with E-state index in [0.29, 0.717) is 5.92 Å². The molecule has 0 heterocycles. The summed E-state index contributed by atoms with van der Waals surface area (Å²) in [6.45, 7) is 2.32. The lowest BCUT2D eigenvalue weighted by Gasteiger charge is -2.11. The predicted octanol–water partition coefficient (Wildman–Crippen LogP) is 5.80. The maximum absolute atomic E-state index is 2.46. The Morgan fingerprint density at radius 1 is 0.850 bits per heavy atom. The number of rotatable bonds is 8. The zero-order valence-electron chi connectivity index (χ0n) is 12.5. The first-order valence-corrected chi connectivity index (χ1v) is 7.77. The molecule has 2 aromatic rings. The van der Waals surface area contributed by atoms with Gasteiger partial charge in [0.2, 0.25) is 0 Å². The van der Waals surface area contributed by atoms with E-state index in [0.717, 1.165) is 0 Å². The molecule has 1 atom stereocenters. The highest BCUT2D eigenvalue weighted by Gasteiger charge is 2.04. The van der Waals surface area contributed by atoms with Crippen molar-refractivity contribution in [3.05, 3.63) is 78.2 Å². The van der Waals surface area contributed by atoms with Crippen LogP contribution < -0.4 is 0 Å². The van der Waals surface area contributed by atoms with E-state index in [9.17, 15) is 0 Å². The average molecular weight is 265 g/mol. The molecule has 1 radical (unpaired) electrons. The van der Waals surface area contributed by atoms with Gasteiger partial charge in [0.05, 0.1) is 0 Å². The van der Waals surface area contributed by atoms with Crippen LogP contribution in [0.3, 0.4) is 0 Å². The lowest BCUT2D eigenvalue weighted by molar-refractivity contribution is 0.665. The molecule has 0 N–H and O–H groups in total. The summed E-state index contributed by atoms with van der Waals surface area (Å²) in [6, 6.07) is 21.6. The Hall–Kier alpha value is -1.56. The molecular formula is C20H25. The first kappa shape index (κ1) is 14.8. The molecule has 0 aliphatic carbocycles. The van der Waals surface area contributed by atoms with Crippen LogP contribution in [-0.4, -0.2) is 0 Å². The van der Waals surface area contributed by atoms with E-state index in [2.05, 4.69) is 74.0 Å². The van der Waals surface area contributed by atoms with Gasteiger partial charge in [0, 0.05) is 0 Å². The first-order valence-electron chi connectivity index (χ1n) is 7.77. The molecule has 0 bridgehead atoms. The number of aryl methyl sites for hydroxylation is 1. The van der Waals surface area contributed by atoms with Gasteiger partial charge in [-0.1, -0.05) is 80.4 Å². The molecule has 0 saturated carbocycles. The van der Waals surface area contributed by atoms with Crippen molar-refractivity contribution >= 4 is 0 Å². The van der Waals surface area contributed by atoms with E-state index in [-0.39, 0.29) is 0 Å². The Kier molecular flexibility index (Phi) is 6.37. The lowest BCUT2D eigenvalue weighted by atomic mass is 9.94. The van der Waals surface area contributed by atoms with Crippen LogP contribution in [0.2, 0.25) is 0 Å². The van der Waals surface area contributed by atoms with Crippen molar-refractivity contribution in [2.75, 3.05) is 0 Å². The van der Waals surface area contributed by atoms with E-state index < -0.39 is 0 Å². The molecule has 0 nitrogen and oxygen atoms in total. The van der Waals surface area contributed by atoms with Crippen molar-refractivity contribution in [1.29, 1.82) is 0 Å². The minimum absolute atomic E-state index is 0.644. The number of hydrogen-bond donors (Lipinski definition) is 0. The zero-order valence-corrected chi connectivity index (χ0v) is 12.5. The zero-order chi connectivity index (χ0) is 14.0. The normalized spacial score (nSPS) is 12.2. The smallest absolute Gasteiger partial charge is 0.0188 e. The maximum atomic E-state index is 2.46. The predicted molar refractivity (Wildman–Crippen MR) is 87.8 cm³/mol. The van der Waals surface area contributed by atoms with Crippen LogP contribution in [0.25, 0.3) is 0 Å². The van der Waals surface area contributed by atoms with Gasteiger partial charge in [0.25, 0.3) is 0 Å². The molecule has 105 valence electrons. The maximum Gasteiger partial charge on any atom is -0.0188 e. The van der Waals surface area contributed by atoms with Gasteiger partial charge < -0.3 is 0 Å². The van der Waals surface area contributed by atoms with Crippen LogP contribution in [0.15, 0.2) is 60.7 Å². The monoisotopic (exact) mass is 265 g/mol. The van der Waals surface area contributed by atoms with Crippen molar-refractivity contribution in [3.63, 3.8) is 0 Å². The first-order chi connectivity index (χ1) is 9.86. The molecule has 0 aliphatic heterocycles. The van der Waals surface area contributed by atoms with Crippen molar-refractivity contribution in [2.45, 2.75) is 44.9 Å². The quantitative estimate of drug-likeness (QED) is 0.529. The summed E-state index contributed by atoms with van der Waals surface area (Å²) in [6.07, 6.45) is 8.70. The summed E-state index contributed by atoms with van der Waals surface area (Å²) in [5, 5.41) is 0. The van der Waals surface area contributed by atoms with Crippen LogP contribution in [0, 0.1) is 6.42 Å². The van der Waals surface area contributed by atoms with E-state index in [4.69, 9.17) is 0 Å². The Labute approximate surface area is 123 Å². The largest absolute Gasteiger partial charge is 0.0622 e. The molecule has 0 amide bonds. The number of benzene rings is 2. The fourth-order valence-corrected chi connectivity index (χ4v) is 2.55. The fraction of sp³-hybridized carbons (Fsp3) is 0.350. The summed E-state index contributed by atoms with van der Waals surface area (Å²) in [4.78, 5) is 0. The molecule has 20 heavy (non-hydrogen) atoms. The minimum atomic E-state index is 0.644. The summed E-state index contributed by atoms with van der Waals surface area (Å²) in [5.74, 6) is 0.644.